The van der Waals surface area contributed by atoms with E-state index in [1.165, 1.54) is 6.08 Å². The molecule has 0 bridgehead atoms. The second kappa shape index (κ2) is 7.50. The topological polar surface area (TPSA) is 74.6 Å². The molecule has 0 amide bonds. The minimum atomic E-state index is -1.43. The summed E-state index contributed by atoms with van der Waals surface area (Å²) in [6.45, 7) is 1.57. The van der Waals surface area contributed by atoms with Crippen molar-refractivity contribution in [3.63, 3.8) is 0 Å². The Morgan fingerprint density at radius 3 is 2.45 bits per heavy atom. The molecule has 20 heavy (non-hydrogen) atoms. The first-order valence-corrected chi connectivity index (χ1v) is 6.37. The zero-order valence-corrected chi connectivity index (χ0v) is 11.7. The van der Waals surface area contributed by atoms with Crippen LogP contribution >= 0.6 is 11.6 Å². The second-order valence-electron chi connectivity index (χ2n) is 4.22. The fraction of sp³-hybridized carbons (Fsp3) is 0.200. The molecule has 2 N–H and O–H groups in total. The van der Waals surface area contributed by atoms with Crippen molar-refractivity contribution in [1.29, 1.82) is 0 Å². The number of aliphatic hydroxyl groups excluding tert-OH is 1. The molecular formula is C15H15ClO4. The number of allylic oxidation sites excluding steroid dienone is 3. The average molecular weight is 295 g/mol. The third-order valence-corrected chi connectivity index (χ3v) is 3.10. The molecule has 1 aromatic rings. The summed E-state index contributed by atoms with van der Waals surface area (Å²) in [7, 11) is 0. The van der Waals surface area contributed by atoms with Crippen LogP contribution in [0, 0.1) is 0 Å². The summed E-state index contributed by atoms with van der Waals surface area (Å²) in [6.07, 6.45) is 3.06. The highest BCUT2D eigenvalue weighted by molar-refractivity contribution is 6.31. The summed E-state index contributed by atoms with van der Waals surface area (Å²) < 4.78 is 0. The van der Waals surface area contributed by atoms with E-state index in [-0.39, 0.29) is 12.2 Å². The molecule has 0 aliphatic heterocycles. The van der Waals surface area contributed by atoms with Crippen molar-refractivity contribution in [2.75, 3.05) is 0 Å². The summed E-state index contributed by atoms with van der Waals surface area (Å²) in [5.74, 6) is -2.36. The number of aryl methyl sites for hydroxylation is 1. The van der Waals surface area contributed by atoms with E-state index in [0.29, 0.717) is 17.0 Å². The van der Waals surface area contributed by atoms with Gasteiger partial charge in [-0.05, 0) is 36.6 Å². The van der Waals surface area contributed by atoms with Crippen LogP contribution in [-0.4, -0.2) is 22.0 Å². The van der Waals surface area contributed by atoms with Crippen molar-refractivity contribution in [3.8, 4) is 0 Å². The van der Waals surface area contributed by atoms with Crippen molar-refractivity contribution in [1.82, 2.24) is 0 Å². The Kier molecular flexibility index (Phi) is 6.00. The maximum atomic E-state index is 11.8. The van der Waals surface area contributed by atoms with Crippen LogP contribution in [0.5, 0.6) is 0 Å². The Morgan fingerprint density at radius 1 is 1.20 bits per heavy atom. The number of carbonyl (C=O) groups excluding carboxylic acids is 1. The van der Waals surface area contributed by atoms with Gasteiger partial charge in [-0.1, -0.05) is 35.9 Å². The molecule has 0 saturated carbocycles. The Labute approximate surface area is 122 Å². The van der Waals surface area contributed by atoms with Gasteiger partial charge in [0.15, 0.2) is 5.78 Å². The van der Waals surface area contributed by atoms with Crippen LogP contribution in [0.25, 0.3) is 0 Å². The molecule has 0 saturated heterocycles. The lowest BCUT2D eigenvalue weighted by Gasteiger charge is -2.03. The number of carboxylic acid groups (broad SMARTS) is 1. The van der Waals surface area contributed by atoms with E-state index in [4.69, 9.17) is 21.8 Å². The molecule has 106 valence electrons. The number of carboxylic acids is 1. The van der Waals surface area contributed by atoms with Gasteiger partial charge in [0.25, 0.3) is 0 Å². The lowest BCUT2D eigenvalue weighted by Crippen LogP contribution is -2.03. The molecule has 0 heterocycles. The summed E-state index contributed by atoms with van der Waals surface area (Å²) in [5.41, 5.74) is 1.27. The van der Waals surface area contributed by atoms with E-state index in [1.54, 1.807) is 13.0 Å². The fourth-order valence-electron chi connectivity index (χ4n) is 1.51. The Bertz CT molecular complexity index is 573. The zero-order chi connectivity index (χ0) is 15.1. The van der Waals surface area contributed by atoms with Gasteiger partial charge in [-0.3, -0.25) is 4.79 Å². The molecule has 1 aromatic carbocycles. The van der Waals surface area contributed by atoms with E-state index in [2.05, 4.69) is 0 Å². The number of carbonyl (C=O) groups is 2. The fourth-order valence-corrected chi connectivity index (χ4v) is 1.74. The van der Waals surface area contributed by atoms with Crippen LogP contribution in [0.2, 0.25) is 5.02 Å². The van der Waals surface area contributed by atoms with Crippen molar-refractivity contribution in [2.24, 2.45) is 0 Å². The molecule has 0 fully saturated rings. The maximum absolute atomic E-state index is 11.8. The summed E-state index contributed by atoms with van der Waals surface area (Å²) in [5, 5.41) is 18.1. The normalized spacial score (nSPS) is 12.3. The van der Waals surface area contributed by atoms with E-state index in [1.807, 2.05) is 18.2 Å². The number of halogens is 1. The quantitative estimate of drug-likeness (QED) is 0.479. The Hall–Kier alpha value is -2.07. The summed E-state index contributed by atoms with van der Waals surface area (Å²) in [6, 6.07) is 7.28. The van der Waals surface area contributed by atoms with Crippen LogP contribution in [0.3, 0.4) is 0 Å². The molecule has 0 radical (unpaired) electrons. The number of Topliss-reactive ketones (excluding diaryl/α,β-unsaturated/α-hetero) is 1. The van der Waals surface area contributed by atoms with Crippen LogP contribution in [0.1, 0.15) is 18.9 Å². The number of rotatable bonds is 6. The second-order valence-corrected chi connectivity index (χ2v) is 4.63. The third-order valence-electron chi connectivity index (χ3n) is 2.73. The van der Waals surface area contributed by atoms with E-state index in [9.17, 15) is 9.59 Å². The lowest BCUT2D eigenvalue weighted by molar-refractivity contribution is -0.135. The standard InChI is InChI=1S/C15H15ClO4/c1-10(6-8-14(18)15(19)20)13(17)9-7-11-4-2-3-5-12(11)16/h2-6,8,18H,7,9H2,1H3,(H,19,20)/b10-6+,14-8-. The van der Waals surface area contributed by atoms with Crippen LogP contribution in [0.4, 0.5) is 0 Å². The van der Waals surface area contributed by atoms with Crippen molar-refractivity contribution < 1.29 is 19.8 Å². The van der Waals surface area contributed by atoms with Gasteiger partial charge in [0.05, 0.1) is 0 Å². The molecule has 0 aromatic heterocycles. The predicted octanol–water partition coefficient (Wildman–Crippen LogP) is 3.31. The van der Waals surface area contributed by atoms with Crippen LogP contribution < -0.4 is 0 Å². The monoisotopic (exact) mass is 294 g/mol. The molecular weight excluding hydrogens is 280 g/mol. The van der Waals surface area contributed by atoms with E-state index in [0.717, 1.165) is 11.6 Å². The molecule has 0 atom stereocenters. The van der Waals surface area contributed by atoms with Gasteiger partial charge < -0.3 is 10.2 Å². The highest BCUT2D eigenvalue weighted by Crippen LogP contribution is 2.17. The average Bonchev–Trinajstić information content (AvgIpc) is 2.42. The first-order chi connectivity index (χ1) is 9.41. The van der Waals surface area contributed by atoms with Gasteiger partial charge in [-0.25, -0.2) is 4.79 Å². The van der Waals surface area contributed by atoms with Crippen molar-refractivity contribution in [2.45, 2.75) is 19.8 Å². The van der Waals surface area contributed by atoms with E-state index < -0.39 is 11.7 Å². The molecule has 1 rings (SSSR count). The first kappa shape index (κ1) is 16.0. The van der Waals surface area contributed by atoms with Gasteiger partial charge in [0.2, 0.25) is 5.76 Å². The van der Waals surface area contributed by atoms with Gasteiger partial charge >= 0.3 is 5.97 Å². The number of aliphatic hydroxyl groups is 1. The van der Waals surface area contributed by atoms with Gasteiger partial charge in [0.1, 0.15) is 0 Å². The largest absolute Gasteiger partial charge is 0.502 e. The maximum Gasteiger partial charge on any atom is 0.370 e. The highest BCUT2D eigenvalue weighted by atomic mass is 35.5. The van der Waals surface area contributed by atoms with Crippen molar-refractivity contribution in [3.05, 3.63) is 58.3 Å². The number of hydrogen-bond acceptors (Lipinski definition) is 3. The molecule has 5 heteroatoms. The van der Waals surface area contributed by atoms with Crippen molar-refractivity contribution >= 4 is 23.4 Å². The summed E-state index contributed by atoms with van der Waals surface area (Å²) >= 11 is 5.99. The lowest BCUT2D eigenvalue weighted by atomic mass is 10.0. The molecule has 0 aliphatic rings. The predicted molar refractivity (Wildman–Crippen MR) is 76.9 cm³/mol. The number of hydrogen-bond donors (Lipinski definition) is 2. The minimum Gasteiger partial charge on any atom is -0.502 e. The molecule has 0 unspecified atom stereocenters. The van der Waals surface area contributed by atoms with Gasteiger partial charge in [0, 0.05) is 11.4 Å². The minimum absolute atomic E-state index is 0.126. The van der Waals surface area contributed by atoms with E-state index >= 15 is 0 Å². The van der Waals surface area contributed by atoms with Crippen LogP contribution in [-0.2, 0) is 16.0 Å². The van der Waals surface area contributed by atoms with Gasteiger partial charge in [-0.2, -0.15) is 0 Å². The highest BCUT2D eigenvalue weighted by Gasteiger charge is 2.07. The smallest absolute Gasteiger partial charge is 0.370 e. The Balaban J connectivity index is 2.63. The number of benzene rings is 1. The molecule has 0 spiro atoms. The first-order valence-electron chi connectivity index (χ1n) is 5.99. The van der Waals surface area contributed by atoms with Gasteiger partial charge in [-0.15, -0.1) is 0 Å². The molecule has 0 aliphatic carbocycles. The number of aliphatic carboxylic acids is 1. The third kappa shape index (κ3) is 4.90. The SMILES string of the molecule is C/C(=C\C=C(/O)C(=O)O)C(=O)CCc1ccccc1Cl. The Morgan fingerprint density at radius 2 is 1.85 bits per heavy atom. The molecule has 4 nitrogen and oxygen atoms in total. The van der Waals surface area contributed by atoms with Crippen LogP contribution in [0.15, 0.2) is 47.7 Å². The number of ketones is 1. The summed E-state index contributed by atoms with van der Waals surface area (Å²) in [4.78, 5) is 22.2. The zero-order valence-electron chi connectivity index (χ0n) is 11.0.